The summed E-state index contributed by atoms with van der Waals surface area (Å²) < 4.78 is 6.24. The standard InChI is InChI=1S/C23H28O2/c1-15-14-18-12-8-9-13-19(18)21(17-10-6-7-11-17)20(15)22(16(2)24)25-23(3,4)5/h8-10,12-14,22H,6-7,11H2,1-5H3/t22-/m1/s1. The quantitative estimate of drug-likeness (QED) is 0.668. The Balaban J connectivity index is 2.30. The number of aryl methyl sites for hydroxylation is 1. The van der Waals surface area contributed by atoms with Gasteiger partial charge in [-0.15, -0.1) is 0 Å². The third kappa shape index (κ3) is 3.69. The molecule has 0 aliphatic heterocycles. The largest absolute Gasteiger partial charge is 0.360 e. The maximum absolute atomic E-state index is 12.5. The minimum Gasteiger partial charge on any atom is -0.360 e. The van der Waals surface area contributed by atoms with Crippen LogP contribution >= 0.6 is 0 Å². The number of hydrogen-bond donors (Lipinski definition) is 0. The lowest BCUT2D eigenvalue weighted by Gasteiger charge is -2.30. The van der Waals surface area contributed by atoms with Gasteiger partial charge in [-0.05, 0) is 86.9 Å². The number of hydrogen-bond acceptors (Lipinski definition) is 2. The second kappa shape index (κ2) is 6.76. The van der Waals surface area contributed by atoms with E-state index in [0.29, 0.717) is 0 Å². The van der Waals surface area contributed by atoms with Gasteiger partial charge in [0.25, 0.3) is 0 Å². The topological polar surface area (TPSA) is 26.3 Å². The molecule has 0 amide bonds. The molecule has 0 aromatic heterocycles. The van der Waals surface area contributed by atoms with Crippen LogP contribution in [0, 0.1) is 6.92 Å². The molecule has 132 valence electrons. The normalized spacial score (nSPS) is 16.1. The van der Waals surface area contributed by atoms with Crippen LogP contribution in [-0.4, -0.2) is 11.4 Å². The zero-order valence-corrected chi connectivity index (χ0v) is 16.0. The van der Waals surface area contributed by atoms with Crippen LogP contribution in [-0.2, 0) is 9.53 Å². The van der Waals surface area contributed by atoms with Crippen LogP contribution in [0.25, 0.3) is 16.3 Å². The van der Waals surface area contributed by atoms with Gasteiger partial charge in [0.15, 0.2) is 5.78 Å². The van der Waals surface area contributed by atoms with E-state index in [0.717, 1.165) is 24.0 Å². The molecule has 1 atom stereocenters. The molecule has 25 heavy (non-hydrogen) atoms. The van der Waals surface area contributed by atoms with Crippen molar-refractivity contribution in [3.05, 3.63) is 53.1 Å². The Hall–Kier alpha value is -1.93. The van der Waals surface area contributed by atoms with E-state index in [2.05, 4.69) is 43.3 Å². The molecule has 2 aromatic rings. The van der Waals surface area contributed by atoms with Crippen LogP contribution in [0.1, 0.15) is 69.8 Å². The molecule has 2 aromatic carbocycles. The number of Topliss-reactive ketones (excluding diaryl/α,β-unsaturated/α-hetero) is 1. The fourth-order valence-corrected chi connectivity index (χ4v) is 3.78. The molecule has 0 saturated carbocycles. The van der Waals surface area contributed by atoms with Crippen molar-refractivity contribution in [3.8, 4) is 0 Å². The fourth-order valence-electron chi connectivity index (χ4n) is 3.78. The number of ether oxygens (including phenoxy) is 1. The van der Waals surface area contributed by atoms with Crippen molar-refractivity contribution in [1.29, 1.82) is 0 Å². The molecule has 0 N–H and O–H groups in total. The first-order valence-corrected chi connectivity index (χ1v) is 9.18. The lowest BCUT2D eigenvalue weighted by molar-refractivity contribution is -0.138. The fraction of sp³-hybridized carbons (Fsp3) is 0.435. The number of allylic oxidation sites excluding steroid dienone is 2. The van der Waals surface area contributed by atoms with E-state index in [1.165, 1.54) is 28.3 Å². The number of carbonyl (C=O) groups excluding carboxylic acids is 1. The highest BCUT2D eigenvalue weighted by atomic mass is 16.5. The maximum Gasteiger partial charge on any atom is 0.163 e. The zero-order chi connectivity index (χ0) is 18.2. The van der Waals surface area contributed by atoms with E-state index in [9.17, 15) is 4.79 Å². The summed E-state index contributed by atoms with van der Waals surface area (Å²) in [6.07, 6.45) is 5.17. The van der Waals surface area contributed by atoms with E-state index in [1.54, 1.807) is 6.92 Å². The third-order valence-electron chi connectivity index (χ3n) is 4.76. The SMILES string of the molecule is CC(=O)[C@@H](OC(C)(C)C)c1c(C)cc2ccccc2c1C1=CCCC1. The molecule has 0 saturated heterocycles. The highest BCUT2D eigenvalue weighted by Crippen LogP contribution is 2.41. The zero-order valence-electron chi connectivity index (χ0n) is 16.0. The Morgan fingerprint density at radius 3 is 2.52 bits per heavy atom. The van der Waals surface area contributed by atoms with Crippen LogP contribution in [0.2, 0.25) is 0 Å². The summed E-state index contributed by atoms with van der Waals surface area (Å²) in [5.41, 5.74) is 4.38. The average Bonchev–Trinajstić information content (AvgIpc) is 3.04. The summed E-state index contributed by atoms with van der Waals surface area (Å²) in [5.74, 6) is 0.0631. The lowest BCUT2D eigenvalue weighted by Crippen LogP contribution is -2.27. The summed E-state index contributed by atoms with van der Waals surface area (Å²) in [5, 5.41) is 2.45. The van der Waals surface area contributed by atoms with Gasteiger partial charge in [-0.25, -0.2) is 0 Å². The number of benzene rings is 2. The highest BCUT2D eigenvalue weighted by Gasteiger charge is 2.30. The Morgan fingerprint density at radius 1 is 1.20 bits per heavy atom. The molecule has 0 heterocycles. The minimum atomic E-state index is -0.527. The van der Waals surface area contributed by atoms with Crippen molar-refractivity contribution in [1.82, 2.24) is 0 Å². The average molecular weight is 336 g/mol. The van der Waals surface area contributed by atoms with Gasteiger partial charge in [0.1, 0.15) is 6.10 Å². The van der Waals surface area contributed by atoms with E-state index in [4.69, 9.17) is 4.74 Å². The summed E-state index contributed by atoms with van der Waals surface area (Å²) >= 11 is 0. The number of fused-ring (bicyclic) bond motifs is 1. The number of carbonyl (C=O) groups is 1. The predicted molar refractivity (Wildman–Crippen MR) is 105 cm³/mol. The van der Waals surface area contributed by atoms with E-state index < -0.39 is 6.10 Å². The first kappa shape index (κ1) is 17.9. The number of ketones is 1. The Bertz CT molecular complexity index is 837. The van der Waals surface area contributed by atoms with Crippen LogP contribution in [0.3, 0.4) is 0 Å². The Labute approximate surface area is 150 Å². The highest BCUT2D eigenvalue weighted by molar-refractivity contribution is 5.98. The molecule has 0 spiro atoms. The van der Waals surface area contributed by atoms with Gasteiger partial charge in [0.2, 0.25) is 0 Å². The van der Waals surface area contributed by atoms with Gasteiger partial charge in [-0.2, -0.15) is 0 Å². The summed E-state index contributed by atoms with van der Waals surface area (Å²) in [6.45, 7) is 9.76. The van der Waals surface area contributed by atoms with Gasteiger partial charge >= 0.3 is 0 Å². The number of rotatable bonds is 4. The molecule has 1 aliphatic rings. The van der Waals surface area contributed by atoms with Crippen molar-refractivity contribution in [2.45, 2.75) is 65.6 Å². The molecule has 2 heteroatoms. The molecular formula is C23H28O2. The van der Waals surface area contributed by atoms with Crippen LogP contribution in [0.15, 0.2) is 36.4 Å². The van der Waals surface area contributed by atoms with E-state index in [1.807, 2.05) is 20.8 Å². The van der Waals surface area contributed by atoms with Crippen molar-refractivity contribution < 1.29 is 9.53 Å². The minimum absolute atomic E-state index is 0.0631. The molecule has 0 unspecified atom stereocenters. The van der Waals surface area contributed by atoms with Gasteiger partial charge in [0, 0.05) is 0 Å². The second-order valence-electron chi connectivity index (χ2n) is 8.05. The first-order chi connectivity index (χ1) is 11.8. The summed E-state index contributed by atoms with van der Waals surface area (Å²) in [7, 11) is 0. The first-order valence-electron chi connectivity index (χ1n) is 9.18. The molecule has 0 bridgehead atoms. The Kier molecular flexibility index (Phi) is 4.83. The third-order valence-corrected chi connectivity index (χ3v) is 4.76. The van der Waals surface area contributed by atoms with E-state index >= 15 is 0 Å². The molecule has 1 aliphatic carbocycles. The molecular weight excluding hydrogens is 308 g/mol. The van der Waals surface area contributed by atoms with Crippen LogP contribution in [0.4, 0.5) is 0 Å². The van der Waals surface area contributed by atoms with Crippen LogP contribution < -0.4 is 0 Å². The van der Waals surface area contributed by atoms with Gasteiger partial charge in [-0.1, -0.05) is 36.4 Å². The lowest BCUT2D eigenvalue weighted by atomic mass is 9.86. The van der Waals surface area contributed by atoms with Crippen LogP contribution in [0.5, 0.6) is 0 Å². The molecule has 0 radical (unpaired) electrons. The van der Waals surface area contributed by atoms with E-state index in [-0.39, 0.29) is 11.4 Å². The summed E-state index contributed by atoms with van der Waals surface area (Å²) in [6, 6.07) is 10.7. The maximum atomic E-state index is 12.5. The molecule has 0 fully saturated rings. The van der Waals surface area contributed by atoms with Gasteiger partial charge in [-0.3, -0.25) is 4.79 Å². The molecule has 2 nitrogen and oxygen atoms in total. The monoisotopic (exact) mass is 336 g/mol. The van der Waals surface area contributed by atoms with Crippen molar-refractivity contribution in [2.24, 2.45) is 0 Å². The summed E-state index contributed by atoms with van der Waals surface area (Å²) in [4.78, 5) is 12.5. The molecule has 3 rings (SSSR count). The smallest absolute Gasteiger partial charge is 0.163 e. The van der Waals surface area contributed by atoms with Crippen molar-refractivity contribution >= 4 is 22.1 Å². The van der Waals surface area contributed by atoms with Gasteiger partial charge in [0.05, 0.1) is 5.60 Å². The predicted octanol–water partition coefficient (Wildman–Crippen LogP) is 6.16. The van der Waals surface area contributed by atoms with Crippen molar-refractivity contribution in [3.63, 3.8) is 0 Å². The van der Waals surface area contributed by atoms with Gasteiger partial charge < -0.3 is 4.74 Å². The Morgan fingerprint density at radius 2 is 1.92 bits per heavy atom. The second-order valence-corrected chi connectivity index (χ2v) is 8.05. The van der Waals surface area contributed by atoms with Crippen molar-refractivity contribution in [2.75, 3.05) is 0 Å².